The highest BCUT2D eigenvalue weighted by atomic mass is 16.5. The van der Waals surface area contributed by atoms with Crippen molar-refractivity contribution in [2.24, 2.45) is 0 Å². The van der Waals surface area contributed by atoms with E-state index in [1.165, 1.54) is 11.1 Å². The summed E-state index contributed by atoms with van der Waals surface area (Å²) >= 11 is 0. The number of aryl methyl sites for hydroxylation is 4. The predicted octanol–water partition coefficient (Wildman–Crippen LogP) is 9.26. The van der Waals surface area contributed by atoms with Gasteiger partial charge in [0, 0.05) is 58.1 Å². The third kappa shape index (κ3) is 7.05. The van der Waals surface area contributed by atoms with Crippen molar-refractivity contribution in [3.63, 3.8) is 0 Å². The van der Waals surface area contributed by atoms with Gasteiger partial charge < -0.3 is 13.9 Å². The Morgan fingerprint density at radius 3 is 1.23 bits per heavy atom. The number of aromatic nitrogens is 2. The van der Waals surface area contributed by atoms with Crippen molar-refractivity contribution >= 4 is 11.6 Å². The van der Waals surface area contributed by atoms with Gasteiger partial charge in [0.2, 0.25) is 0 Å². The number of nitrogens with zero attached hydrogens (tertiary/aromatic N) is 2. The fraction of sp³-hybridized carbons (Fsp3) is 0.190. The Balaban J connectivity index is 1.03. The molecule has 0 saturated heterocycles. The average Bonchev–Trinajstić information content (AvgIpc) is 3.56. The lowest BCUT2D eigenvalue weighted by molar-refractivity contribution is 0.103. The summed E-state index contributed by atoms with van der Waals surface area (Å²) in [6.45, 7) is 9.77. The van der Waals surface area contributed by atoms with Crippen LogP contribution in [0.5, 0.6) is 11.5 Å². The van der Waals surface area contributed by atoms with Gasteiger partial charge in [0.05, 0.1) is 0 Å². The summed E-state index contributed by atoms with van der Waals surface area (Å²) in [7, 11) is 0. The van der Waals surface area contributed by atoms with E-state index in [2.05, 4.69) is 47.2 Å². The van der Waals surface area contributed by atoms with Gasteiger partial charge in [-0.1, -0.05) is 84.9 Å². The third-order valence-corrected chi connectivity index (χ3v) is 9.04. The van der Waals surface area contributed by atoms with Crippen LogP contribution in [0.1, 0.15) is 65.7 Å². The molecule has 2 aromatic heterocycles. The van der Waals surface area contributed by atoms with Crippen molar-refractivity contribution in [3.8, 4) is 11.5 Å². The number of carbonyl (C=O) groups excluding carboxylic acids is 2. The molecule has 6 aromatic rings. The largest absolute Gasteiger partial charge is 0.457 e. The van der Waals surface area contributed by atoms with Gasteiger partial charge in [0.25, 0.3) is 0 Å². The van der Waals surface area contributed by atoms with E-state index < -0.39 is 0 Å². The molecule has 0 aliphatic heterocycles. The van der Waals surface area contributed by atoms with Crippen LogP contribution in [0.25, 0.3) is 0 Å². The van der Waals surface area contributed by atoms with Gasteiger partial charge in [0.15, 0.2) is 11.6 Å². The van der Waals surface area contributed by atoms with Gasteiger partial charge in [-0.2, -0.15) is 0 Å². The zero-order chi connectivity index (χ0) is 32.9. The maximum absolute atomic E-state index is 13.1. The van der Waals surface area contributed by atoms with Crippen LogP contribution in [0.2, 0.25) is 0 Å². The highest BCUT2D eigenvalue weighted by Gasteiger charge is 2.18. The highest BCUT2D eigenvalue weighted by molar-refractivity contribution is 6.10. The molecule has 236 valence electrons. The first-order valence-electron chi connectivity index (χ1n) is 16.2. The Hall–Kier alpha value is -5.42. The summed E-state index contributed by atoms with van der Waals surface area (Å²) in [5, 5.41) is 0. The Bertz CT molecular complexity index is 1850. The summed E-state index contributed by atoms with van der Waals surface area (Å²) in [4.78, 5) is 26.1. The van der Waals surface area contributed by atoms with Crippen LogP contribution in [0.15, 0.2) is 121 Å². The number of hydrogen-bond donors (Lipinski definition) is 0. The van der Waals surface area contributed by atoms with Gasteiger partial charge in [-0.05, 0) is 88.1 Å². The predicted molar refractivity (Wildman–Crippen MR) is 188 cm³/mol. The molecule has 0 radical (unpaired) electrons. The molecule has 0 aliphatic carbocycles. The second-order valence-electron chi connectivity index (χ2n) is 12.2. The first kappa shape index (κ1) is 31.6. The van der Waals surface area contributed by atoms with E-state index in [9.17, 15) is 9.59 Å². The lowest BCUT2D eigenvalue weighted by Gasteiger charge is -2.12. The van der Waals surface area contributed by atoms with Crippen LogP contribution < -0.4 is 4.74 Å². The topological polar surface area (TPSA) is 53.2 Å². The smallest absolute Gasteiger partial charge is 0.194 e. The third-order valence-electron chi connectivity index (χ3n) is 9.04. The fourth-order valence-corrected chi connectivity index (χ4v) is 6.31. The van der Waals surface area contributed by atoms with E-state index in [-0.39, 0.29) is 11.6 Å². The molecule has 4 aromatic carbocycles. The molecule has 0 aliphatic rings. The second-order valence-corrected chi connectivity index (χ2v) is 12.2. The molecule has 6 rings (SSSR count). The normalized spacial score (nSPS) is 11.1. The van der Waals surface area contributed by atoms with Crippen molar-refractivity contribution in [1.29, 1.82) is 0 Å². The average molecular weight is 621 g/mol. The Labute approximate surface area is 277 Å². The molecule has 0 fully saturated rings. The van der Waals surface area contributed by atoms with Crippen LogP contribution >= 0.6 is 0 Å². The van der Waals surface area contributed by atoms with Crippen molar-refractivity contribution < 1.29 is 14.3 Å². The minimum atomic E-state index is 0.0661. The molecule has 0 atom stereocenters. The van der Waals surface area contributed by atoms with E-state index in [1.54, 1.807) is 0 Å². The lowest BCUT2D eigenvalue weighted by Crippen LogP contribution is -2.08. The maximum Gasteiger partial charge on any atom is 0.194 e. The number of benzene rings is 4. The van der Waals surface area contributed by atoms with E-state index in [0.717, 1.165) is 71.3 Å². The maximum atomic E-state index is 13.1. The SMILES string of the molecule is Cc1cc(C(=O)c2ccccc2)c(C)n1CCc1ccc(Oc2ccc(CCn3c(C)cc(C(=O)c4ccccc4)c3C)cc2)cc1. The van der Waals surface area contributed by atoms with Gasteiger partial charge in [-0.3, -0.25) is 9.59 Å². The number of ether oxygens (including phenoxy) is 1. The quantitative estimate of drug-likeness (QED) is 0.128. The summed E-state index contributed by atoms with van der Waals surface area (Å²) in [6, 6.07) is 39.4. The van der Waals surface area contributed by atoms with Gasteiger partial charge in [-0.25, -0.2) is 0 Å². The summed E-state index contributed by atoms with van der Waals surface area (Å²) in [6.07, 6.45) is 1.71. The van der Waals surface area contributed by atoms with Gasteiger partial charge >= 0.3 is 0 Å². The van der Waals surface area contributed by atoms with Crippen LogP contribution in [-0.4, -0.2) is 20.7 Å². The first-order chi connectivity index (χ1) is 22.8. The molecule has 0 saturated carbocycles. The van der Waals surface area contributed by atoms with Crippen molar-refractivity contribution in [2.45, 2.75) is 53.6 Å². The molecular formula is C42H40N2O3. The number of rotatable bonds is 12. The van der Waals surface area contributed by atoms with Crippen LogP contribution in [0.4, 0.5) is 0 Å². The molecule has 5 heteroatoms. The summed E-state index contributed by atoms with van der Waals surface area (Å²) < 4.78 is 10.6. The van der Waals surface area contributed by atoms with E-state index in [0.29, 0.717) is 11.1 Å². The molecule has 47 heavy (non-hydrogen) atoms. The number of hydrogen-bond acceptors (Lipinski definition) is 3. The van der Waals surface area contributed by atoms with E-state index in [4.69, 9.17) is 4.74 Å². The second kappa shape index (κ2) is 13.9. The van der Waals surface area contributed by atoms with Crippen LogP contribution in [0, 0.1) is 27.7 Å². The molecule has 0 unspecified atom stereocenters. The fourth-order valence-electron chi connectivity index (χ4n) is 6.31. The minimum Gasteiger partial charge on any atom is -0.457 e. The Morgan fingerprint density at radius 1 is 0.511 bits per heavy atom. The van der Waals surface area contributed by atoms with Gasteiger partial charge in [0.1, 0.15) is 11.5 Å². The zero-order valence-corrected chi connectivity index (χ0v) is 27.5. The highest BCUT2D eigenvalue weighted by Crippen LogP contribution is 2.25. The van der Waals surface area contributed by atoms with Crippen LogP contribution in [-0.2, 0) is 25.9 Å². The summed E-state index contributed by atoms with van der Waals surface area (Å²) in [5.74, 6) is 1.72. The molecular weight excluding hydrogens is 580 g/mol. The Kier molecular flexibility index (Phi) is 9.35. The summed E-state index contributed by atoms with van der Waals surface area (Å²) in [5.41, 5.74) is 9.56. The molecule has 0 amide bonds. The van der Waals surface area contributed by atoms with Crippen LogP contribution in [0.3, 0.4) is 0 Å². The van der Waals surface area contributed by atoms with Crippen molar-refractivity contribution in [2.75, 3.05) is 0 Å². The molecule has 0 spiro atoms. The first-order valence-corrected chi connectivity index (χ1v) is 16.2. The number of carbonyl (C=O) groups is 2. The van der Waals surface area contributed by atoms with Gasteiger partial charge in [-0.15, -0.1) is 0 Å². The monoisotopic (exact) mass is 620 g/mol. The van der Waals surface area contributed by atoms with Crippen molar-refractivity contribution in [1.82, 2.24) is 9.13 Å². The lowest BCUT2D eigenvalue weighted by atomic mass is 10.0. The molecule has 0 N–H and O–H groups in total. The van der Waals surface area contributed by atoms with E-state index in [1.807, 2.05) is 111 Å². The molecule has 0 bridgehead atoms. The standard InChI is InChI=1S/C42H40N2O3/c1-29-27-39(41(45)35-11-7-5-8-12-35)31(3)43(29)25-23-33-15-19-37(20-16-33)47-38-21-17-34(18-22-38)24-26-44-30(2)28-40(32(44)4)42(46)36-13-9-6-10-14-36/h5-22,27-28H,23-26H2,1-4H3. The van der Waals surface area contributed by atoms with E-state index >= 15 is 0 Å². The Morgan fingerprint density at radius 2 is 0.872 bits per heavy atom. The molecule has 2 heterocycles. The number of ketones is 2. The van der Waals surface area contributed by atoms with Crippen molar-refractivity contribution in [3.05, 3.63) is 177 Å². The zero-order valence-electron chi connectivity index (χ0n) is 27.5. The minimum absolute atomic E-state index is 0.0661. The molecule has 5 nitrogen and oxygen atoms in total.